The number of benzene rings is 2. The highest BCUT2D eigenvalue weighted by Crippen LogP contribution is 2.35. The van der Waals surface area contributed by atoms with Crippen LogP contribution in [0.25, 0.3) is 21.0 Å². The first-order valence-corrected chi connectivity index (χ1v) is 11.8. The number of carboxylic acid groups (broad SMARTS) is 1. The van der Waals surface area contributed by atoms with Crippen molar-refractivity contribution in [2.45, 2.75) is 43.7 Å². The van der Waals surface area contributed by atoms with Crippen molar-refractivity contribution in [3.8, 4) is 5.75 Å². The molecule has 11 heteroatoms. The van der Waals surface area contributed by atoms with E-state index in [1.807, 2.05) is 18.2 Å². The van der Waals surface area contributed by atoms with Crippen LogP contribution in [0.15, 0.2) is 35.3 Å². The molecule has 0 spiro atoms. The van der Waals surface area contributed by atoms with Crippen LogP contribution in [0.1, 0.15) is 11.9 Å². The summed E-state index contributed by atoms with van der Waals surface area (Å²) in [6.07, 6.45) is -8.27. The third kappa shape index (κ3) is 3.74. The minimum atomic E-state index is -1.77. The van der Waals surface area contributed by atoms with Gasteiger partial charge in [0.1, 0.15) is 34.1 Å². The standard InChI is InChI=1S/C21H20N2O7S2/c1-8-7-31-18(22-8)19-23-12-5-2-9-6-10(3-4-11(9)17(12)32-19)29-21-15(26)13(24)14(25)16(30-21)20(27)28/h2-6,8,13-16,21,24-26H,7H2,1H3,(H,27,28). The Morgan fingerprint density at radius 3 is 2.69 bits per heavy atom. The van der Waals surface area contributed by atoms with Gasteiger partial charge in [0, 0.05) is 11.1 Å². The Labute approximate surface area is 190 Å². The number of carboxylic acids is 1. The van der Waals surface area contributed by atoms with Crippen molar-refractivity contribution in [2.24, 2.45) is 4.99 Å². The molecular weight excluding hydrogens is 456 g/mol. The second-order valence-corrected chi connectivity index (χ2v) is 9.77. The Morgan fingerprint density at radius 1 is 1.16 bits per heavy atom. The highest BCUT2D eigenvalue weighted by Gasteiger charge is 2.48. The smallest absolute Gasteiger partial charge is 0.335 e. The van der Waals surface area contributed by atoms with Crippen molar-refractivity contribution in [1.82, 2.24) is 4.98 Å². The minimum absolute atomic E-state index is 0.288. The van der Waals surface area contributed by atoms with E-state index in [2.05, 4.69) is 11.9 Å². The van der Waals surface area contributed by atoms with E-state index in [0.29, 0.717) is 5.75 Å². The number of rotatable bonds is 4. The second kappa shape index (κ2) is 8.25. The molecule has 168 valence electrons. The van der Waals surface area contributed by atoms with E-state index < -0.39 is 36.7 Å². The third-order valence-corrected chi connectivity index (χ3v) is 7.85. The number of aliphatic carboxylic acids is 1. The SMILES string of the molecule is CC1CSC(c2nc3ccc4cc(OC5OC(C(=O)O)C(O)C(O)C5O)ccc4c3s2)=N1. The predicted octanol–water partition coefficient (Wildman–Crippen LogP) is 1.60. The van der Waals surface area contributed by atoms with Crippen molar-refractivity contribution in [1.29, 1.82) is 0 Å². The van der Waals surface area contributed by atoms with Crippen LogP contribution in [0.2, 0.25) is 0 Å². The highest BCUT2D eigenvalue weighted by atomic mass is 32.2. The molecule has 5 rings (SSSR count). The summed E-state index contributed by atoms with van der Waals surface area (Å²) in [6.45, 7) is 2.08. The van der Waals surface area contributed by atoms with E-state index in [1.54, 1.807) is 35.2 Å². The molecule has 2 aliphatic rings. The second-order valence-electron chi connectivity index (χ2n) is 7.76. The van der Waals surface area contributed by atoms with Crippen LogP contribution in [0.3, 0.4) is 0 Å². The molecule has 0 amide bonds. The lowest BCUT2D eigenvalue weighted by Gasteiger charge is -2.38. The number of thiazole rings is 1. The van der Waals surface area contributed by atoms with E-state index in [0.717, 1.165) is 36.8 Å². The summed E-state index contributed by atoms with van der Waals surface area (Å²) in [5.74, 6) is -0.183. The van der Waals surface area contributed by atoms with Gasteiger partial charge in [0.05, 0.1) is 16.3 Å². The molecule has 6 unspecified atom stereocenters. The lowest BCUT2D eigenvalue weighted by atomic mass is 9.99. The fourth-order valence-electron chi connectivity index (χ4n) is 3.73. The molecule has 2 aliphatic heterocycles. The largest absolute Gasteiger partial charge is 0.479 e. The average molecular weight is 477 g/mol. The number of aliphatic hydroxyl groups excluding tert-OH is 3. The van der Waals surface area contributed by atoms with Gasteiger partial charge in [-0.2, -0.15) is 0 Å². The fourth-order valence-corrected chi connectivity index (χ4v) is 5.92. The predicted molar refractivity (Wildman–Crippen MR) is 121 cm³/mol. The van der Waals surface area contributed by atoms with Gasteiger partial charge in [0.25, 0.3) is 0 Å². The van der Waals surface area contributed by atoms with Crippen LogP contribution >= 0.6 is 23.1 Å². The molecule has 4 N–H and O–H groups in total. The molecule has 0 bridgehead atoms. The van der Waals surface area contributed by atoms with Gasteiger partial charge in [0.2, 0.25) is 6.29 Å². The van der Waals surface area contributed by atoms with Crippen LogP contribution in [0, 0.1) is 0 Å². The molecular formula is C21H20N2O7S2. The number of thioether (sulfide) groups is 1. The van der Waals surface area contributed by atoms with Crippen LogP contribution in [-0.2, 0) is 9.53 Å². The van der Waals surface area contributed by atoms with E-state index >= 15 is 0 Å². The van der Waals surface area contributed by atoms with Gasteiger partial charge in [-0.05, 0) is 36.6 Å². The first-order chi connectivity index (χ1) is 15.3. The Kier molecular flexibility index (Phi) is 5.56. The zero-order valence-corrected chi connectivity index (χ0v) is 18.4. The molecule has 0 aliphatic carbocycles. The quantitative estimate of drug-likeness (QED) is 0.442. The first-order valence-electron chi connectivity index (χ1n) is 9.95. The number of aromatic nitrogens is 1. The van der Waals surface area contributed by atoms with Gasteiger partial charge in [-0.25, -0.2) is 9.78 Å². The Morgan fingerprint density at radius 2 is 1.97 bits per heavy atom. The van der Waals surface area contributed by atoms with Crippen LogP contribution in [0.5, 0.6) is 5.75 Å². The van der Waals surface area contributed by atoms with Crippen LogP contribution < -0.4 is 4.74 Å². The van der Waals surface area contributed by atoms with Gasteiger partial charge >= 0.3 is 5.97 Å². The van der Waals surface area contributed by atoms with Crippen molar-refractivity contribution < 1.29 is 34.7 Å². The molecule has 0 radical (unpaired) electrons. The van der Waals surface area contributed by atoms with E-state index in [-0.39, 0.29) is 6.04 Å². The summed E-state index contributed by atoms with van der Waals surface area (Å²) >= 11 is 3.29. The molecule has 1 fully saturated rings. The number of carbonyl (C=O) groups is 1. The molecule has 2 aromatic carbocycles. The molecule has 32 heavy (non-hydrogen) atoms. The van der Waals surface area contributed by atoms with Crippen molar-refractivity contribution in [3.63, 3.8) is 0 Å². The van der Waals surface area contributed by atoms with Gasteiger partial charge < -0.3 is 29.9 Å². The maximum atomic E-state index is 11.3. The molecule has 0 saturated carbocycles. The normalized spacial score (nSPS) is 30.6. The monoisotopic (exact) mass is 476 g/mol. The molecule has 3 heterocycles. The van der Waals surface area contributed by atoms with E-state index in [9.17, 15) is 25.2 Å². The van der Waals surface area contributed by atoms with Crippen LogP contribution in [-0.4, -0.2) is 78.9 Å². The third-order valence-electron chi connectivity index (χ3n) is 5.39. The average Bonchev–Trinajstić information content (AvgIpc) is 3.40. The fraction of sp³-hybridized carbons (Fsp3) is 0.381. The van der Waals surface area contributed by atoms with Crippen LogP contribution in [0.4, 0.5) is 0 Å². The summed E-state index contributed by atoms with van der Waals surface area (Å²) in [4.78, 5) is 20.6. The Bertz CT molecular complexity index is 1230. The number of aliphatic hydroxyl groups is 3. The van der Waals surface area contributed by atoms with E-state index in [1.165, 1.54) is 0 Å². The molecule has 9 nitrogen and oxygen atoms in total. The number of hydrogen-bond donors (Lipinski definition) is 4. The maximum absolute atomic E-state index is 11.3. The number of ether oxygens (including phenoxy) is 2. The van der Waals surface area contributed by atoms with Gasteiger partial charge in [0.15, 0.2) is 6.10 Å². The first kappa shape index (κ1) is 21.6. The lowest BCUT2D eigenvalue weighted by molar-refractivity contribution is -0.271. The van der Waals surface area contributed by atoms with Crippen molar-refractivity contribution >= 4 is 55.1 Å². The number of hydrogen-bond acceptors (Lipinski definition) is 10. The van der Waals surface area contributed by atoms with Gasteiger partial charge in [-0.3, -0.25) is 4.99 Å². The number of fused-ring (bicyclic) bond motifs is 3. The maximum Gasteiger partial charge on any atom is 0.335 e. The lowest BCUT2D eigenvalue weighted by Crippen LogP contribution is -2.61. The highest BCUT2D eigenvalue weighted by molar-refractivity contribution is 8.15. The van der Waals surface area contributed by atoms with Gasteiger partial charge in [-0.1, -0.05) is 6.07 Å². The number of nitrogens with zero attached hydrogens (tertiary/aromatic N) is 2. The Hall–Kier alpha value is -2.28. The zero-order chi connectivity index (χ0) is 22.6. The Balaban J connectivity index is 1.44. The molecule has 6 atom stereocenters. The van der Waals surface area contributed by atoms with Crippen molar-refractivity contribution in [2.75, 3.05) is 5.75 Å². The van der Waals surface area contributed by atoms with Gasteiger partial charge in [-0.15, -0.1) is 23.1 Å². The molecule has 3 aromatic rings. The number of aliphatic imine (C=N–C) groups is 1. The van der Waals surface area contributed by atoms with Crippen molar-refractivity contribution in [3.05, 3.63) is 35.3 Å². The summed E-state index contributed by atoms with van der Waals surface area (Å²) in [5, 5.41) is 42.8. The summed E-state index contributed by atoms with van der Waals surface area (Å²) in [6, 6.07) is 9.37. The summed E-state index contributed by atoms with van der Waals surface area (Å²) in [5.41, 5.74) is 0.876. The minimum Gasteiger partial charge on any atom is -0.479 e. The zero-order valence-electron chi connectivity index (χ0n) is 16.8. The topological polar surface area (TPSA) is 142 Å². The summed E-state index contributed by atoms with van der Waals surface area (Å²) in [7, 11) is 0. The van der Waals surface area contributed by atoms with E-state index in [4.69, 9.17) is 14.5 Å². The molecule has 1 aromatic heterocycles. The molecule has 1 saturated heterocycles. The summed E-state index contributed by atoms with van der Waals surface area (Å²) < 4.78 is 11.9.